The molecule has 0 radical (unpaired) electrons. The highest BCUT2D eigenvalue weighted by molar-refractivity contribution is 5.73. The normalized spacial score (nSPS) is 16.9. The molecule has 0 spiro atoms. The standard InChI is InChI=1S/C15H24N4O/c1-17(2)15(20)18(3)14-6-10-19(11-7-14)12-13-4-8-16-9-5-13/h4-5,8-9,14H,6-7,10-12H2,1-3H3. The van der Waals surface area contributed by atoms with Gasteiger partial charge in [0.1, 0.15) is 0 Å². The quantitative estimate of drug-likeness (QED) is 0.843. The van der Waals surface area contributed by atoms with E-state index in [1.54, 1.807) is 19.0 Å². The lowest BCUT2D eigenvalue weighted by Crippen LogP contribution is -2.48. The van der Waals surface area contributed by atoms with Crippen molar-refractivity contribution in [2.24, 2.45) is 0 Å². The van der Waals surface area contributed by atoms with Gasteiger partial charge in [-0.25, -0.2) is 4.79 Å². The number of likely N-dealkylation sites (tertiary alicyclic amines) is 1. The Morgan fingerprint density at radius 1 is 1.25 bits per heavy atom. The molecule has 0 unspecified atom stereocenters. The Balaban J connectivity index is 1.82. The maximum Gasteiger partial charge on any atom is 0.319 e. The van der Waals surface area contributed by atoms with Gasteiger partial charge in [0.2, 0.25) is 0 Å². The van der Waals surface area contributed by atoms with E-state index in [2.05, 4.69) is 22.0 Å². The lowest BCUT2D eigenvalue weighted by molar-refractivity contribution is 0.118. The average molecular weight is 276 g/mol. The average Bonchev–Trinajstić information content (AvgIpc) is 2.47. The third-order valence-electron chi connectivity index (χ3n) is 3.94. The summed E-state index contributed by atoms with van der Waals surface area (Å²) in [5.74, 6) is 0. The summed E-state index contributed by atoms with van der Waals surface area (Å²) in [6.07, 6.45) is 5.76. The molecule has 0 aliphatic carbocycles. The monoisotopic (exact) mass is 276 g/mol. The van der Waals surface area contributed by atoms with Gasteiger partial charge in [-0.3, -0.25) is 9.88 Å². The summed E-state index contributed by atoms with van der Waals surface area (Å²) >= 11 is 0. The fourth-order valence-corrected chi connectivity index (χ4v) is 2.68. The van der Waals surface area contributed by atoms with Crippen molar-refractivity contribution in [1.29, 1.82) is 0 Å². The molecule has 0 saturated carbocycles. The summed E-state index contributed by atoms with van der Waals surface area (Å²) < 4.78 is 0. The summed E-state index contributed by atoms with van der Waals surface area (Å²) in [7, 11) is 5.51. The number of piperidine rings is 1. The Morgan fingerprint density at radius 3 is 2.40 bits per heavy atom. The number of urea groups is 1. The van der Waals surface area contributed by atoms with Crippen LogP contribution in [0.15, 0.2) is 24.5 Å². The number of hydrogen-bond donors (Lipinski definition) is 0. The van der Waals surface area contributed by atoms with Crippen molar-refractivity contribution in [2.75, 3.05) is 34.2 Å². The molecule has 1 aliphatic rings. The van der Waals surface area contributed by atoms with E-state index >= 15 is 0 Å². The van der Waals surface area contributed by atoms with Crippen LogP contribution in [-0.4, -0.2) is 66.0 Å². The zero-order valence-corrected chi connectivity index (χ0v) is 12.6. The van der Waals surface area contributed by atoms with E-state index < -0.39 is 0 Å². The molecule has 0 atom stereocenters. The van der Waals surface area contributed by atoms with E-state index in [0.29, 0.717) is 6.04 Å². The maximum atomic E-state index is 11.9. The van der Waals surface area contributed by atoms with E-state index in [1.165, 1.54) is 5.56 Å². The first kappa shape index (κ1) is 14.8. The Morgan fingerprint density at radius 2 is 1.85 bits per heavy atom. The summed E-state index contributed by atoms with van der Waals surface area (Å²) in [6.45, 7) is 3.05. The number of carbonyl (C=O) groups is 1. The van der Waals surface area contributed by atoms with Gasteiger partial charge in [0, 0.05) is 59.2 Å². The third-order valence-corrected chi connectivity index (χ3v) is 3.94. The first-order valence-corrected chi connectivity index (χ1v) is 7.13. The lowest BCUT2D eigenvalue weighted by Gasteiger charge is -2.37. The largest absolute Gasteiger partial charge is 0.331 e. The number of nitrogens with zero attached hydrogens (tertiary/aromatic N) is 4. The number of amides is 2. The topological polar surface area (TPSA) is 39.7 Å². The van der Waals surface area contributed by atoms with E-state index in [1.807, 2.05) is 24.3 Å². The highest BCUT2D eigenvalue weighted by Crippen LogP contribution is 2.18. The maximum absolute atomic E-state index is 11.9. The van der Waals surface area contributed by atoms with Crippen LogP contribution in [0.3, 0.4) is 0 Å². The molecule has 1 aliphatic heterocycles. The number of rotatable bonds is 3. The molecule has 2 heterocycles. The van der Waals surface area contributed by atoms with Crippen LogP contribution in [0, 0.1) is 0 Å². The molecule has 1 aromatic rings. The van der Waals surface area contributed by atoms with Crippen LogP contribution in [0.25, 0.3) is 0 Å². The highest BCUT2D eigenvalue weighted by atomic mass is 16.2. The molecule has 2 rings (SSSR count). The fraction of sp³-hybridized carbons (Fsp3) is 0.600. The van der Waals surface area contributed by atoms with Crippen molar-refractivity contribution in [1.82, 2.24) is 19.7 Å². The molecule has 20 heavy (non-hydrogen) atoms. The van der Waals surface area contributed by atoms with Gasteiger partial charge >= 0.3 is 6.03 Å². The Labute approximate surface area is 121 Å². The zero-order valence-electron chi connectivity index (χ0n) is 12.6. The lowest BCUT2D eigenvalue weighted by atomic mass is 10.0. The molecule has 5 nitrogen and oxygen atoms in total. The minimum atomic E-state index is 0.0950. The van der Waals surface area contributed by atoms with E-state index in [4.69, 9.17) is 0 Å². The van der Waals surface area contributed by atoms with Gasteiger partial charge in [-0.05, 0) is 30.5 Å². The molecule has 1 aromatic heterocycles. The SMILES string of the molecule is CN(C)C(=O)N(C)C1CCN(Cc2ccncc2)CC1. The minimum Gasteiger partial charge on any atom is -0.331 e. The van der Waals surface area contributed by atoms with Crippen molar-refractivity contribution in [3.63, 3.8) is 0 Å². The number of hydrogen-bond acceptors (Lipinski definition) is 3. The predicted molar refractivity (Wildman–Crippen MR) is 79.4 cm³/mol. The van der Waals surface area contributed by atoms with Crippen molar-refractivity contribution in [3.8, 4) is 0 Å². The van der Waals surface area contributed by atoms with Gasteiger partial charge < -0.3 is 9.80 Å². The molecular formula is C15H24N4O. The zero-order chi connectivity index (χ0) is 14.5. The first-order chi connectivity index (χ1) is 9.58. The van der Waals surface area contributed by atoms with Gasteiger partial charge in [0.05, 0.1) is 0 Å². The molecule has 1 fully saturated rings. The van der Waals surface area contributed by atoms with Crippen molar-refractivity contribution >= 4 is 6.03 Å². The second-order valence-corrected chi connectivity index (χ2v) is 5.65. The first-order valence-electron chi connectivity index (χ1n) is 7.13. The highest BCUT2D eigenvalue weighted by Gasteiger charge is 2.25. The van der Waals surface area contributed by atoms with Gasteiger partial charge in [-0.1, -0.05) is 0 Å². The Kier molecular flexibility index (Phi) is 4.95. The molecule has 5 heteroatoms. The second kappa shape index (κ2) is 6.70. The number of pyridine rings is 1. The van der Waals surface area contributed by atoms with Crippen LogP contribution < -0.4 is 0 Å². The molecule has 110 valence electrons. The van der Waals surface area contributed by atoms with E-state index in [-0.39, 0.29) is 6.03 Å². The molecule has 0 bridgehead atoms. The summed E-state index contributed by atoms with van der Waals surface area (Å²) in [6, 6.07) is 4.58. The number of carbonyl (C=O) groups excluding carboxylic acids is 1. The summed E-state index contributed by atoms with van der Waals surface area (Å²) in [5, 5.41) is 0. The molecule has 1 saturated heterocycles. The molecular weight excluding hydrogens is 252 g/mol. The molecule has 0 aromatic carbocycles. The molecule has 2 amide bonds. The molecule has 0 N–H and O–H groups in total. The fourth-order valence-electron chi connectivity index (χ4n) is 2.68. The smallest absolute Gasteiger partial charge is 0.319 e. The van der Waals surface area contributed by atoms with Crippen LogP contribution >= 0.6 is 0 Å². The summed E-state index contributed by atoms with van der Waals surface area (Å²) in [5.41, 5.74) is 1.30. The Bertz CT molecular complexity index is 427. The van der Waals surface area contributed by atoms with Crippen LogP contribution in [0.2, 0.25) is 0 Å². The van der Waals surface area contributed by atoms with Gasteiger partial charge in [0.25, 0.3) is 0 Å². The van der Waals surface area contributed by atoms with Gasteiger partial charge in [-0.2, -0.15) is 0 Å². The summed E-state index contributed by atoms with van der Waals surface area (Å²) in [4.78, 5) is 22.0. The number of aromatic nitrogens is 1. The van der Waals surface area contributed by atoms with Crippen molar-refractivity contribution in [3.05, 3.63) is 30.1 Å². The van der Waals surface area contributed by atoms with Crippen LogP contribution in [-0.2, 0) is 6.54 Å². The van der Waals surface area contributed by atoms with Crippen LogP contribution in [0.1, 0.15) is 18.4 Å². The van der Waals surface area contributed by atoms with E-state index in [0.717, 1.165) is 32.5 Å². The predicted octanol–water partition coefficient (Wildman–Crippen LogP) is 1.66. The van der Waals surface area contributed by atoms with Crippen LogP contribution in [0.5, 0.6) is 0 Å². The third kappa shape index (κ3) is 3.70. The van der Waals surface area contributed by atoms with Crippen molar-refractivity contribution in [2.45, 2.75) is 25.4 Å². The second-order valence-electron chi connectivity index (χ2n) is 5.65. The van der Waals surface area contributed by atoms with E-state index in [9.17, 15) is 4.79 Å². The van der Waals surface area contributed by atoms with Gasteiger partial charge in [0.15, 0.2) is 0 Å². The van der Waals surface area contributed by atoms with Crippen LogP contribution in [0.4, 0.5) is 4.79 Å². The Hall–Kier alpha value is -1.62. The van der Waals surface area contributed by atoms with Crippen molar-refractivity contribution < 1.29 is 4.79 Å². The minimum absolute atomic E-state index is 0.0950. The van der Waals surface area contributed by atoms with Gasteiger partial charge in [-0.15, -0.1) is 0 Å².